The zero-order valence-electron chi connectivity index (χ0n) is 11.7. The number of halogens is 1. The summed E-state index contributed by atoms with van der Waals surface area (Å²) in [6.07, 6.45) is 1.85. The number of nitrogens with zero attached hydrogens (tertiary/aromatic N) is 2. The Morgan fingerprint density at radius 2 is 2.10 bits per heavy atom. The maximum atomic E-state index is 5.67. The second-order valence-corrected chi connectivity index (χ2v) is 5.80. The zero-order valence-corrected chi connectivity index (χ0v) is 13.4. The van der Waals surface area contributed by atoms with E-state index in [-0.39, 0.29) is 12.4 Å². The lowest BCUT2D eigenvalue weighted by atomic mass is 10.2. The normalized spacial score (nSPS) is 12.5. The Labute approximate surface area is 134 Å². The van der Waals surface area contributed by atoms with Gasteiger partial charge in [0.25, 0.3) is 0 Å². The van der Waals surface area contributed by atoms with E-state index in [0.717, 1.165) is 31.1 Å². The molecule has 0 atom stereocenters. The molecule has 0 saturated heterocycles. The van der Waals surface area contributed by atoms with Crippen LogP contribution in [-0.4, -0.2) is 23.2 Å². The van der Waals surface area contributed by atoms with Crippen LogP contribution in [0.1, 0.15) is 17.4 Å². The fraction of sp³-hybridized carbons (Fsp3) is 0.357. The average molecular weight is 328 g/mol. The van der Waals surface area contributed by atoms with Gasteiger partial charge in [-0.3, -0.25) is 4.90 Å². The van der Waals surface area contributed by atoms with Gasteiger partial charge in [0.15, 0.2) is 16.6 Å². The number of hydrogen-bond acceptors (Lipinski definition) is 6. The number of anilines is 1. The molecule has 2 heterocycles. The minimum absolute atomic E-state index is 0. The van der Waals surface area contributed by atoms with Gasteiger partial charge in [-0.15, -0.1) is 23.7 Å². The van der Waals surface area contributed by atoms with E-state index in [0.29, 0.717) is 11.9 Å². The highest BCUT2D eigenvalue weighted by Gasteiger charge is 2.14. The molecule has 114 valence electrons. The van der Waals surface area contributed by atoms with Crippen molar-refractivity contribution in [1.29, 1.82) is 0 Å². The number of ether oxygens (including phenoxy) is 2. The topological polar surface area (TPSA) is 60.6 Å². The fourth-order valence-corrected chi connectivity index (χ4v) is 2.92. The number of thiazole rings is 1. The minimum Gasteiger partial charge on any atom is -0.454 e. The number of nitrogens with two attached hydrogens (primary N) is 1. The van der Waals surface area contributed by atoms with Crippen molar-refractivity contribution in [3.63, 3.8) is 0 Å². The second-order valence-electron chi connectivity index (χ2n) is 4.66. The summed E-state index contributed by atoms with van der Waals surface area (Å²) >= 11 is 1.54. The van der Waals surface area contributed by atoms with Gasteiger partial charge in [-0.2, -0.15) is 0 Å². The van der Waals surface area contributed by atoms with Crippen molar-refractivity contribution >= 4 is 28.9 Å². The van der Waals surface area contributed by atoms with Crippen LogP contribution in [0.5, 0.6) is 11.5 Å². The van der Waals surface area contributed by atoms with Gasteiger partial charge in [-0.1, -0.05) is 13.0 Å². The van der Waals surface area contributed by atoms with Crippen molar-refractivity contribution in [1.82, 2.24) is 9.88 Å². The molecule has 2 aromatic rings. The number of rotatable bonds is 5. The summed E-state index contributed by atoms with van der Waals surface area (Å²) in [5, 5.41) is 0.624. The van der Waals surface area contributed by atoms with Crippen LogP contribution in [0.3, 0.4) is 0 Å². The van der Waals surface area contributed by atoms with Gasteiger partial charge >= 0.3 is 0 Å². The van der Waals surface area contributed by atoms with Crippen LogP contribution in [0.15, 0.2) is 24.4 Å². The number of aromatic nitrogens is 1. The molecule has 0 fully saturated rings. The summed E-state index contributed by atoms with van der Waals surface area (Å²) < 4.78 is 10.7. The molecule has 0 spiro atoms. The summed E-state index contributed by atoms with van der Waals surface area (Å²) in [5.41, 5.74) is 6.88. The van der Waals surface area contributed by atoms with E-state index in [4.69, 9.17) is 15.2 Å². The van der Waals surface area contributed by atoms with Crippen LogP contribution in [0.25, 0.3) is 0 Å². The first-order chi connectivity index (χ1) is 9.74. The molecule has 0 amide bonds. The third-order valence-electron chi connectivity index (χ3n) is 3.24. The number of benzene rings is 1. The lowest BCUT2D eigenvalue weighted by Crippen LogP contribution is -2.21. The van der Waals surface area contributed by atoms with Gasteiger partial charge in [-0.25, -0.2) is 4.98 Å². The molecule has 0 aliphatic carbocycles. The monoisotopic (exact) mass is 327 g/mol. The van der Waals surface area contributed by atoms with Crippen molar-refractivity contribution in [2.75, 3.05) is 19.1 Å². The first-order valence-electron chi connectivity index (χ1n) is 6.55. The fourth-order valence-electron chi connectivity index (χ4n) is 2.19. The van der Waals surface area contributed by atoms with Crippen LogP contribution in [0, 0.1) is 0 Å². The Morgan fingerprint density at radius 1 is 1.29 bits per heavy atom. The smallest absolute Gasteiger partial charge is 0.231 e. The molecule has 1 aliphatic heterocycles. The zero-order chi connectivity index (χ0) is 13.9. The molecule has 1 aromatic carbocycles. The largest absolute Gasteiger partial charge is 0.454 e. The van der Waals surface area contributed by atoms with E-state index < -0.39 is 0 Å². The van der Waals surface area contributed by atoms with E-state index in [1.54, 1.807) is 11.3 Å². The SMILES string of the molecule is CCN(Cc1ccc2c(c1)OCO2)Cc1cnc(N)s1.Cl. The maximum absolute atomic E-state index is 5.67. The molecule has 1 aliphatic rings. The van der Waals surface area contributed by atoms with Crippen molar-refractivity contribution in [2.45, 2.75) is 20.0 Å². The molecule has 0 saturated carbocycles. The Hall–Kier alpha value is -1.50. The van der Waals surface area contributed by atoms with E-state index in [2.05, 4.69) is 22.9 Å². The quantitative estimate of drug-likeness (QED) is 0.915. The molecule has 21 heavy (non-hydrogen) atoms. The Kier molecular flexibility index (Phi) is 5.27. The Balaban J connectivity index is 0.00000161. The van der Waals surface area contributed by atoms with Crippen molar-refractivity contribution < 1.29 is 9.47 Å². The van der Waals surface area contributed by atoms with Crippen molar-refractivity contribution in [2.24, 2.45) is 0 Å². The van der Waals surface area contributed by atoms with Crippen LogP contribution in [0.4, 0.5) is 5.13 Å². The highest BCUT2D eigenvalue weighted by molar-refractivity contribution is 7.15. The van der Waals surface area contributed by atoms with Gasteiger partial charge in [0, 0.05) is 24.2 Å². The third kappa shape index (κ3) is 3.78. The molecular formula is C14H18ClN3O2S. The summed E-state index contributed by atoms with van der Waals surface area (Å²) in [6, 6.07) is 6.10. The standard InChI is InChI=1S/C14H17N3O2S.ClH/c1-2-17(8-11-6-16-14(15)20-11)7-10-3-4-12-13(5-10)19-9-18-12;/h3-6H,2,7-9H2,1H3,(H2,15,16);1H. The molecule has 2 N–H and O–H groups in total. The molecule has 1 aromatic heterocycles. The molecule has 0 bridgehead atoms. The van der Waals surface area contributed by atoms with Crippen LogP contribution < -0.4 is 15.2 Å². The van der Waals surface area contributed by atoms with E-state index >= 15 is 0 Å². The van der Waals surface area contributed by atoms with Gasteiger partial charge in [0.05, 0.1) is 0 Å². The van der Waals surface area contributed by atoms with E-state index in [1.807, 2.05) is 18.3 Å². The predicted octanol–water partition coefficient (Wildman–Crippen LogP) is 2.90. The number of fused-ring (bicyclic) bond motifs is 1. The lowest BCUT2D eigenvalue weighted by Gasteiger charge is -2.19. The Bertz CT molecular complexity index is 606. The van der Waals surface area contributed by atoms with Gasteiger partial charge in [0.2, 0.25) is 6.79 Å². The summed E-state index contributed by atoms with van der Waals surface area (Å²) in [5.74, 6) is 1.66. The third-order valence-corrected chi connectivity index (χ3v) is 4.05. The molecule has 0 unspecified atom stereocenters. The summed E-state index contributed by atoms with van der Waals surface area (Å²) in [6.45, 7) is 5.16. The average Bonchev–Trinajstić information content (AvgIpc) is 3.06. The van der Waals surface area contributed by atoms with Gasteiger partial charge in [-0.05, 0) is 24.2 Å². The van der Waals surface area contributed by atoms with Crippen LogP contribution in [-0.2, 0) is 13.1 Å². The first-order valence-corrected chi connectivity index (χ1v) is 7.37. The van der Waals surface area contributed by atoms with Crippen molar-refractivity contribution in [3.8, 4) is 11.5 Å². The van der Waals surface area contributed by atoms with E-state index in [9.17, 15) is 0 Å². The lowest BCUT2D eigenvalue weighted by molar-refractivity contribution is 0.174. The molecule has 7 heteroatoms. The first kappa shape index (κ1) is 15.9. The second kappa shape index (κ2) is 6.98. The minimum atomic E-state index is 0. The van der Waals surface area contributed by atoms with Crippen LogP contribution in [0.2, 0.25) is 0 Å². The molecular weight excluding hydrogens is 310 g/mol. The van der Waals surface area contributed by atoms with Crippen molar-refractivity contribution in [3.05, 3.63) is 34.8 Å². The highest BCUT2D eigenvalue weighted by Crippen LogP contribution is 2.33. The Morgan fingerprint density at radius 3 is 2.81 bits per heavy atom. The van der Waals surface area contributed by atoms with Crippen LogP contribution >= 0.6 is 23.7 Å². The summed E-state index contributed by atoms with van der Waals surface area (Å²) in [7, 11) is 0. The predicted molar refractivity (Wildman–Crippen MR) is 86.1 cm³/mol. The maximum Gasteiger partial charge on any atom is 0.231 e. The van der Waals surface area contributed by atoms with E-state index in [1.165, 1.54) is 10.4 Å². The van der Waals surface area contributed by atoms with Gasteiger partial charge in [0.1, 0.15) is 0 Å². The molecule has 5 nitrogen and oxygen atoms in total. The summed E-state index contributed by atoms with van der Waals surface area (Å²) in [4.78, 5) is 7.61. The number of hydrogen-bond donors (Lipinski definition) is 1. The highest BCUT2D eigenvalue weighted by atomic mass is 35.5. The molecule has 3 rings (SSSR count). The molecule has 0 radical (unpaired) electrons. The van der Waals surface area contributed by atoms with Gasteiger partial charge < -0.3 is 15.2 Å². The number of nitrogen functional groups attached to an aromatic ring is 1.